The molecule has 32 heavy (non-hydrogen) atoms. The molecule has 1 atom stereocenters. The molecule has 1 fully saturated rings. The molecular formula is C23H23N7OS. The van der Waals surface area contributed by atoms with E-state index in [9.17, 15) is 4.79 Å². The Bertz CT molecular complexity index is 1200. The van der Waals surface area contributed by atoms with Crippen molar-refractivity contribution in [1.29, 1.82) is 0 Å². The molecule has 3 aromatic heterocycles. The van der Waals surface area contributed by atoms with E-state index >= 15 is 0 Å². The molecule has 9 heteroatoms. The number of aryl methyl sites for hydroxylation is 1. The van der Waals surface area contributed by atoms with E-state index in [4.69, 9.17) is 0 Å². The van der Waals surface area contributed by atoms with Gasteiger partial charge < -0.3 is 10.2 Å². The quantitative estimate of drug-likeness (QED) is 0.500. The average Bonchev–Trinajstić information content (AvgIpc) is 3.49. The number of nitrogens with zero attached hydrogens (tertiary/aromatic N) is 6. The van der Waals surface area contributed by atoms with Gasteiger partial charge in [0.25, 0.3) is 0 Å². The molecule has 1 aliphatic rings. The lowest BCUT2D eigenvalue weighted by Crippen LogP contribution is -2.41. The number of carbonyl (C=O) groups is 1. The zero-order chi connectivity index (χ0) is 21.9. The standard InChI is InChI=1S/C23H23N7OS/c1-16-15-32-23(25-16)26-22(31)18-8-5-12-29(14-18)19-9-10-20(28-27-19)30-13-11-24-21(30)17-6-3-2-4-7-17/h2-4,6-7,9-11,13,15,18H,5,8,12,14H2,1H3,(H,25,26,31). The Morgan fingerprint density at radius 1 is 1.12 bits per heavy atom. The molecule has 4 aromatic rings. The highest BCUT2D eigenvalue weighted by Gasteiger charge is 2.27. The molecule has 0 radical (unpaired) electrons. The van der Waals surface area contributed by atoms with Crippen LogP contribution in [0, 0.1) is 12.8 Å². The van der Waals surface area contributed by atoms with Gasteiger partial charge in [-0.05, 0) is 31.9 Å². The summed E-state index contributed by atoms with van der Waals surface area (Å²) >= 11 is 1.45. The van der Waals surface area contributed by atoms with E-state index in [0.29, 0.717) is 17.5 Å². The number of carbonyl (C=O) groups excluding carboxylic acids is 1. The van der Waals surface area contributed by atoms with E-state index in [2.05, 4.69) is 30.4 Å². The van der Waals surface area contributed by atoms with Crippen LogP contribution in [0.15, 0.2) is 60.2 Å². The van der Waals surface area contributed by atoms with Crippen LogP contribution >= 0.6 is 11.3 Å². The van der Waals surface area contributed by atoms with E-state index in [-0.39, 0.29) is 11.8 Å². The number of thiazole rings is 1. The zero-order valence-electron chi connectivity index (χ0n) is 17.7. The predicted molar refractivity (Wildman–Crippen MR) is 125 cm³/mol. The fourth-order valence-corrected chi connectivity index (χ4v) is 4.61. The van der Waals surface area contributed by atoms with Gasteiger partial charge in [0.2, 0.25) is 5.91 Å². The van der Waals surface area contributed by atoms with Crippen LogP contribution in [0.4, 0.5) is 10.9 Å². The minimum absolute atomic E-state index is 0.0135. The summed E-state index contributed by atoms with van der Waals surface area (Å²) in [6.07, 6.45) is 5.43. The van der Waals surface area contributed by atoms with Crippen LogP contribution in [0.2, 0.25) is 0 Å². The van der Waals surface area contributed by atoms with Crippen LogP contribution in [-0.2, 0) is 4.79 Å². The molecule has 0 saturated carbocycles. The van der Waals surface area contributed by atoms with Crippen molar-refractivity contribution in [2.45, 2.75) is 19.8 Å². The molecular weight excluding hydrogens is 422 g/mol. The molecule has 162 valence electrons. The van der Waals surface area contributed by atoms with Crippen molar-refractivity contribution < 1.29 is 4.79 Å². The van der Waals surface area contributed by atoms with E-state index in [1.54, 1.807) is 6.20 Å². The number of amides is 1. The van der Waals surface area contributed by atoms with Gasteiger partial charge in [-0.2, -0.15) is 0 Å². The van der Waals surface area contributed by atoms with E-state index in [1.165, 1.54) is 11.3 Å². The molecule has 1 amide bonds. The summed E-state index contributed by atoms with van der Waals surface area (Å²) in [5.74, 6) is 2.21. The third kappa shape index (κ3) is 4.24. The van der Waals surface area contributed by atoms with Gasteiger partial charge in [-0.3, -0.25) is 9.36 Å². The second-order valence-corrected chi connectivity index (χ2v) is 8.66. The van der Waals surface area contributed by atoms with Crippen LogP contribution < -0.4 is 10.2 Å². The summed E-state index contributed by atoms with van der Waals surface area (Å²) in [6, 6.07) is 13.9. The number of anilines is 2. The maximum absolute atomic E-state index is 12.7. The van der Waals surface area contributed by atoms with Gasteiger partial charge in [0, 0.05) is 36.4 Å². The monoisotopic (exact) mass is 445 g/mol. The third-order valence-corrected chi connectivity index (χ3v) is 6.40. The molecule has 8 nitrogen and oxygen atoms in total. The minimum atomic E-state index is -0.104. The second kappa shape index (κ2) is 8.88. The first-order valence-electron chi connectivity index (χ1n) is 10.6. The summed E-state index contributed by atoms with van der Waals surface area (Å²) < 4.78 is 1.93. The number of hydrogen-bond donors (Lipinski definition) is 1. The molecule has 1 N–H and O–H groups in total. The van der Waals surface area contributed by atoms with Crippen LogP contribution in [0.3, 0.4) is 0 Å². The number of piperidine rings is 1. The lowest BCUT2D eigenvalue weighted by molar-refractivity contribution is -0.120. The SMILES string of the molecule is Cc1csc(NC(=O)C2CCCN(c3ccc(-n4ccnc4-c4ccccc4)nn3)C2)n1. The maximum Gasteiger partial charge on any atom is 0.231 e. The summed E-state index contributed by atoms with van der Waals surface area (Å²) in [5, 5.41) is 14.4. The fraction of sp³-hybridized carbons (Fsp3) is 0.261. The highest BCUT2D eigenvalue weighted by molar-refractivity contribution is 7.13. The molecule has 5 rings (SSSR count). The van der Waals surface area contributed by atoms with Crippen LogP contribution in [0.1, 0.15) is 18.5 Å². The highest BCUT2D eigenvalue weighted by Crippen LogP contribution is 2.25. The van der Waals surface area contributed by atoms with Gasteiger partial charge in [0.1, 0.15) is 5.82 Å². The number of imidazole rings is 1. The van der Waals surface area contributed by atoms with Crippen molar-refractivity contribution in [2.75, 3.05) is 23.3 Å². The van der Waals surface area contributed by atoms with E-state index in [0.717, 1.165) is 42.3 Å². The normalized spacial score (nSPS) is 16.2. The number of aromatic nitrogens is 5. The van der Waals surface area contributed by atoms with Crippen LogP contribution in [0.5, 0.6) is 0 Å². The topological polar surface area (TPSA) is 88.8 Å². The van der Waals surface area contributed by atoms with Crippen LogP contribution in [0.25, 0.3) is 17.2 Å². The first-order chi connectivity index (χ1) is 15.7. The maximum atomic E-state index is 12.7. The molecule has 1 aromatic carbocycles. The Kier molecular flexibility index (Phi) is 5.64. The van der Waals surface area contributed by atoms with Crippen molar-refractivity contribution in [1.82, 2.24) is 24.7 Å². The van der Waals surface area contributed by atoms with Crippen molar-refractivity contribution in [3.63, 3.8) is 0 Å². The number of nitrogens with one attached hydrogen (secondary N) is 1. The number of rotatable bonds is 5. The summed E-state index contributed by atoms with van der Waals surface area (Å²) in [4.78, 5) is 23.7. The zero-order valence-corrected chi connectivity index (χ0v) is 18.5. The molecule has 0 spiro atoms. The second-order valence-electron chi connectivity index (χ2n) is 7.81. The highest BCUT2D eigenvalue weighted by atomic mass is 32.1. The van der Waals surface area contributed by atoms with E-state index in [1.807, 2.05) is 65.5 Å². The fourth-order valence-electron chi connectivity index (χ4n) is 3.92. The van der Waals surface area contributed by atoms with Gasteiger partial charge in [0.15, 0.2) is 16.8 Å². The first kappa shape index (κ1) is 20.3. The minimum Gasteiger partial charge on any atom is -0.354 e. The average molecular weight is 446 g/mol. The molecule has 1 saturated heterocycles. The Morgan fingerprint density at radius 3 is 2.69 bits per heavy atom. The summed E-state index contributed by atoms with van der Waals surface area (Å²) in [6.45, 7) is 3.39. The number of benzene rings is 1. The lowest BCUT2D eigenvalue weighted by Gasteiger charge is -2.32. The molecule has 0 bridgehead atoms. The Hall–Kier alpha value is -3.59. The van der Waals surface area contributed by atoms with Gasteiger partial charge in [0.05, 0.1) is 11.6 Å². The Balaban J connectivity index is 1.29. The van der Waals surface area contributed by atoms with Crippen LogP contribution in [-0.4, -0.2) is 43.7 Å². The summed E-state index contributed by atoms with van der Waals surface area (Å²) in [7, 11) is 0. The predicted octanol–water partition coefficient (Wildman–Crippen LogP) is 3.95. The smallest absolute Gasteiger partial charge is 0.231 e. The van der Waals surface area contributed by atoms with Gasteiger partial charge in [-0.15, -0.1) is 21.5 Å². The largest absolute Gasteiger partial charge is 0.354 e. The molecule has 0 aliphatic carbocycles. The van der Waals surface area contributed by atoms with Crippen molar-refractivity contribution >= 4 is 28.2 Å². The van der Waals surface area contributed by atoms with E-state index < -0.39 is 0 Å². The van der Waals surface area contributed by atoms with Gasteiger partial charge in [-0.25, -0.2) is 9.97 Å². The van der Waals surface area contributed by atoms with Crippen molar-refractivity contribution in [3.05, 3.63) is 65.9 Å². The van der Waals surface area contributed by atoms with Crippen molar-refractivity contribution in [2.24, 2.45) is 5.92 Å². The van der Waals surface area contributed by atoms with Crippen molar-refractivity contribution in [3.8, 4) is 17.2 Å². The molecule has 4 heterocycles. The molecule has 1 aliphatic heterocycles. The first-order valence-corrected chi connectivity index (χ1v) is 11.5. The molecule has 1 unspecified atom stereocenters. The lowest BCUT2D eigenvalue weighted by atomic mass is 9.97. The Labute approximate surface area is 190 Å². The van der Waals surface area contributed by atoms with Gasteiger partial charge >= 0.3 is 0 Å². The Morgan fingerprint density at radius 2 is 1.94 bits per heavy atom. The summed E-state index contributed by atoms with van der Waals surface area (Å²) in [5.41, 5.74) is 1.93. The third-order valence-electron chi connectivity index (χ3n) is 5.52. The number of hydrogen-bond acceptors (Lipinski definition) is 7. The van der Waals surface area contributed by atoms with Gasteiger partial charge in [-0.1, -0.05) is 30.3 Å².